The van der Waals surface area contributed by atoms with Crippen LogP contribution >= 0.6 is 0 Å². The molecule has 19 atom stereocenters. The molecule has 53 heavy (non-hydrogen) atoms. The van der Waals surface area contributed by atoms with Crippen LogP contribution in [0.15, 0.2) is 0 Å². The summed E-state index contributed by atoms with van der Waals surface area (Å²) in [6.45, 7) is 17.3. The minimum atomic E-state index is -1.86. The van der Waals surface area contributed by atoms with Gasteiger partial charge in [-0.25, -0.2) is 0 Å². The van der Waals surface area contributed by atoms with E-state index in [0.29, 0.717) is 6.42 Å². The average molecular weight is 764 g/mol. The summed E-state index contributed by atoms with van der Waals surface area (Å²) in [6, 6.07) is -1.05. The SMILES string of the molecule is CC[C@H]1OC(=O)[C@H](C)[C@@H](O[C@H]2C[C@@](C)(OC)C(O)(CNC)[C@H](C)O2)[C@H](C)[C@@H](O[C@@H]2O[C@H](C)C[C@H](NC)[C@H]2O)[C@](C)(O)C[C@@H](C)[C@H](N)[C@H](C)[C@@H](O)[C@]1(C)O. The minimum Gasteiger partial charge on any atom is -0.459 e. The van der Waals surface area contributed by atoms with Crippen molar-refractivity contribution in [3.63, 3.8) is 0 Å². The Morgan fingerprint density at radius 3 is 2.11 bits per heavy atom. The number of hydrogen-bond acceptors (Lipinski definition) is 15. The lowest BCUT2D eigenvalue weighted by atomic mass is 9.72. The monoisotopic (exact) mass is 764 g/mol. The van der Waals surface area contributed by atoms with Gasteiger partial charge in [-0.1, -0.05) is 27.7 Å². The Balaban J connectivity index is 2.19. The second-order valence-electron chi connectivity index (χ2n) is 17.0. The zero-order valence-corrected chi connectivity index (χ0v) is 34.4. The van der Waals surface area contributed by atoms with Gasteiger partial charge in [0, 0.05) is 44.0 Å². The second-order valence-corrected chi connectivity index (χ2v) is 17.0. The van der Waals surface area contributed by atoms with Crippen LogP contribution in [0.1, 0.15) is 94.9 Å². The highest BCUT2D eigenvalue weighted by atomic mass is 16.7. The maximum atomic E-state index is 14.2. The van der Waals surface area contributed by atoms with Gasteiger partial charge in [0.05, 0.1) is 42.0 Å². The van der Waals surface area contributed by atoms with Crippen LogP contribution in [-0.4, -0.2) is 149 Å². The van der Waals surface area contributed by atoms with Crippen LogP contribution < -0.4 is 16.4 Å². The molecule has 0 aromatic rings. The number of ether oxygens (including phenoxy) is 6. The summed E-state index contributed by atoms with van der Waals surface area (Å²) in [5, 5.41) is 65.0. The molecule has 0 spiro atoms. The third kappa shape index (κ3) is 9.57. The van der Waals surface area contributed by atoms with E-state index in [1.165, 1.54) is 14.0 Å². The molecule has 3 fully saturated rings. The van der Waals surface area contributed by atoms with Gasteiger partial charge < -0.3 is 70.3 Å². The molecule has 0 aliphatic carbocycles. The lowest BCUT2D eigenvalue weighted by Crippen LogP contribution is -2.69. The molecule has 3 aliphatic heterocycles. The summed E-state index contributed by atoms with van der Waals surface area (Å²) >= 11 is 0. The number of carbonyl (C=O) groups excluding carboxylic acids is 1. The van der Waals surface area contributed by atoms with Gasteiger partial charge in [-0.2, -0.15) is 0 Å². The number of hydrogen-bond donors (Lipinski definition) is 8. The van der Waals surface area contributed by atoms with Crippen molar-refractivity contribution in [1.82, 2.24) is 10.6 Å². The van der Waals surface area contributed by atoms with Gasteiger partial charge in [0.25, 0.3) is 0 Å². The standard InChI is InChI=1S/C38H73N3O12/c1-14-26-37(10,46)31(43)21(4)28(39)19(2)16-35(8,45)32(53-34-29(42)25(41-12)15-20(3)49-34)22(5)30(23(6)33(44)51-26)52-27-17-36(9,48-13)38(47,18-40-11)24(7)50-27/h19-32,34,40-43,45-47H,14-18,39H2,1-13H3/t19-,20-,21+,22+,23-,24+,25+,26-,27+,28+,29-,30+,31-,32-,34+,35-,36-,37-,38?/m1/s1. The number of nitrogens with one attached hydrogen (secondary N) is 2. The van der Waals surface area contributed by atoms with Gasteiger partial charge in [0.15, 0.2) is 12.6 Å². The van der Waals surface area contributed by atoms with Crippen LogP contribution in [0.2, 0.25) is 0 Å². The molecule has 3 heterocycles. The predicted molar refractivity (Wildman–Crippen MR) is 197 cm³/mol. The molecule has 0 aromatic heterocycles. The van der Waals surface area contributed by atoms with E-state index in [1.54, 1.807) is 62.6 Å². The molecule has 3 saturated heterocycles. The highest BCUT2D eigenvalue weighted by Crippen LogP contribution is 2.43. The van der Waals surface area contributed by atoms with Crippen molar-refractivity contribution in [3.8, 4) is 0 Å². The summed E-state index contributed by atoms with van der Waals surface area (Å²) in [5.41, 5.74) is 0.633. The van der Waals surface area contributed by atoms with E-state index in [0.717, 1.165) is 0 Å². The van der Waals surface area contributed by atoms with E-state index in [9.17, 15) is 30.3 Å². The highest BCUT2D eigenvalue weighted by Gasteiger charge is 2.58. The first-order chi connectivity index (χ1) is 24.5. The third-order valence-electron chi connectivity index (χ3n) is 12.9. The molecule has 0 amide bonds. The quantitative estimate of drug-likeness (QED) is 0.152. The van der Waals surface area contributed by atoms with Crippen molar-refractivity contribution >= 4 is 5.97 Å². The molecule has 0 bridgehead atoms. The van der Waals surface area contributed by atoms with Crippen molar-refractivity contribution in [2.75, 3.05) is 27.7 Å². The lowest BCUT2D eigenvalue weighted by Gasteiger charge is -2.53. The van der Waals surface area contributed by atoms with Crippen molar-refractivity contribution < 1.29 is 58.7 Å². The zero-order chi connectivity index (χ0) is 40.4. The Morgan fingerprint density at radius 2 is 1.57 bits per heavy atom. The van der Waals surface area contributed by atoms with Crippen molar-refractivity contribution in [2.24, 2.45) is 29.4 Å². The molecule has 0 aromatic carbocycles. The second kappa shape index (κ2) is 18.0. The Labute approximate surface area is 316 Å². The Morgan fingerprint density at radius 1 is 0.943 bits per heavy atom. The molecule has 9 N–H and O–H groups in total. The van der Waals surface area contributed by atoms with E-state index in [-0.39, 0.29) is 38.0 Å². The van der Waals surface area contributed by atoms with Crippen LogP contribution in [0.5, 0.6) is 0 Å². The van der Waals surface area contributed by atoms with Crippen LogP contribution in [0.4, 0.5) is 0 Å². The van der Waals surface area contributed by atoms with Gasteiger partial charge >= 0.3 is 5.97 Å². The van der Waals surface area contributed by atoms with Gasteiger partial charge in [-0.3, -0.25) is 4.79 Å². The number of methoxy groups -OCH3 is 1. The van der Waals surface area contributed by atoms with Crippen molar-refractivity contribution in [3.05, 3.63) is 0 Å². The minimum absolute atomic E-state index is 0.0764. The maximum Gasteiger partial charge on any atom is 0.311 e. The van der Waals surface area contributed by atoms with Crippen molar-refractivity contribution in [1.29, 1.82) is 0 Å². The maximum absolute atomic E-state index is 14.2. The fourth-order valence-corrected chi connectivity index (χ4v) is 9.09. The molecule has 15 heteroatoms. The number of cyclic esters (lactones) is 1. The molecule has 3 aliphatic rings. The van der Waals surface area contributed by atoms with Gasteiger partial charge in [-0.15, -0.1) is 0 Å². The average Bonchev–Trinajstić information content (AvgIpc) is 3.09. The number of rotatable bonds is 9. The molecule has 0 saturated carbocycles. The fraction of sp³-hybridized carbons (Fsp3) is 0.974. The first kappa shape index (κ1) is 46.3. The normalized spacial score (nSPS) is 51.0. The number of likely N-dealkylation sites (N-methyl/N-ethyl adjacent to an activating group) is 2. The molecule has 0 radical (unpaired) electrons. The summed E-state index contributed by atoms with van der Waals surface area (Å²) in [4.78, 5) is 14.2. The van der Waals surface area contributed by atoms with E-state index >= 15 is 0 Å². The number of esters is 1. The molecular weight excluding hydrogens is 690 g/mol. The van der Waals surface area contributed by atoms with Crippen LogP contribution in [0.25, 0.3) is 0 Å². The van der Waals surface area contributed by atoms with Crippen molar-refractivity contribution in [2.45, 2.75) is 185 Å². The highest BCUT2D eigenvalue weighted by molar-refractivity contribution is 5.73. The first-order valence-electron chi connectivity index (χ1n) is 19.4. The Hall–Kier alpha value is -1.05. The first-order valence-corrected chi connectivity index (χ1v) is 19.4. The Bertz CT molecular complexity index is 1180. The van der Waals surface area contributed by atoms with E-state index in [2.05, 4.69) is 10.6 Å². The topological polar surface area (TPSA) is 224 Å². The third-order valence-corrected chi connectivity index (χ3v) is 12.9. The van der Waals surface area contributed by atoms with E-state index in [4.69, 9.17) is 34.2 Å². The zero-order valence-electron chi connectivity index (χ0n) is 34.4. The summed E-state index contributed by atoms with van der Waals surface area (Å²) in [6.07, 6.45) is -8.09. The summed E-state index contributed by atoms with van der Waals surface area (Å²) in [5.74, 6) is -3.64. The molecule has 312 valence electrons. The fourth-order valence-electron chi connectivity index (χ4n) is 9.09. The van der Waals surface area contributed by atoms with Crippen LogP contribution in [0, 0.1) is 23.7 Å². The number of nitrogens with two attached hydrogens (primary N) is 1. The van der Waals surface area contributed by atoms with E-state index in [1.807, 2.05) is 13.8 Å². The number of carbonyl (C=O) groups is 1. The number of aliphatic hydroxyl groups is 5. The predicted octanol–water partition coefficient (Wildman–Crippen LogP) is 0.791. The lowest BCUT2D eigenvalue weighted by molar-refractivity contribution is -0.335. The Kier molecular flexibility index (Phi) is 15.8. The summed E-state index contributed by atoms with van der Waals surface area (Å²) in [7, 11) is 4.98. The largest absolute Gasteiger partial charge is 0.459 e. The molecule has 3 rings (SSSR count). The van der Waals surface area contributed by atoms with Gasteiger partial charge in [0.1, 0.15) is 29.0 Å². The smallest absolute Gasteiger partial charge is 0.311 e. The van der Waals surface area contributed by atoms with Crippen LogP contribution in [-0.2, 0) is 33.2 Å². The van der Waals surface area contributed by atoms with Gasteiger partial charge in [-0.05, 0) is 80.8 Å². The molecule has 15 nitrogen and oxygen atoms in total. The molecular formula is C38H73N3O12. The number of aliphatic hydroxyl groups excluding tert-OH is 2. The summed E-state index contributed by atoms with van der Waals surface area (Å²) < 4.78 is 37.8. The van der Waals surface area contributed by atoms with Gasteiger partial charge in [0.2, 0.25) is 0 Å². The van der Waals surface area contributed by atoms with E-state index < -0.39 is 107 Å². The van der Waals surface area contributed by atoms with Crippen LogP contribution in [0.3, 0.4) is 0 Å². The molecule has 1 unspecified atom stereocenters.